The third kappa shape index (κ3) is 3.98. The molecule has 0 radical (unpaired) electrons. The van der Waals surface area contributed by atoms with E-state index in [4.69, 9.17) is 0 Å². The predicted octanol–water partition coefficient (Wildman–Crippen LogP) is 2.99. The number of carbonyl (C=O) groups excluding carboxylic acids is 1. The van der Waals surface area contributed by atoms with Crippen molar-refractivity contribution in [2.75, 3.05) is 5.32 Å². The van der Waals surface area contributed by atoms with Crippen molar-refractivity contribution in [1.82, 2.24) is 9.78 Å². The van der Waals surface area contributed by atoms with Gasteiger partial charge in [0.1, 0.15) is 11.5 Å². The van der Waals surface area contributed by atoms with Gasteiger partial charge < -0.3 is 5.32 Å². The van der Waals surface area contributed by atoms with Crippen LogP contribution in [0.1, 0.15) is 21.6 Å². The van der Waals surface area contributed by atoms with Crippen molar-refractivity contribution in [2.24, 2.45) is 0 Å². The third-order valence-corrected chi connectivity index (χ3v) is 3.74. The van der Waals surface area contributed by atoms with Gasteiger partial charge in [0.05, 0.1) is 6.54 Å². The molecular weight excluding hydrogens is 321 g/mol. The highest BCUT2D eigenvalue weighted by Crippen LogP contribution is 2.14. The molecule has 126 valence electrons. The number of para-hydroxylation sites is 1. The Labute approximate surface area is 143 Å². The minimum atomic E-state index is -0.401. The zero-order valence-corrected chi connectivity index (χ0v) is 13.6. The second-order valence-electron chi connectivity index (χ2n) is 5.61. The zero-order valence-electron chi connectivity index (χ0n) is 13.6. The highest BCUT2D eigenvalue weighted by molar-refractivity contribution is 6.03. The monoisotopic (exact) mass is 337 g/mol. The van der Waals surface area contributed by atoms with E-state index >= 15 is 0 Å². The molecule has 5 nitrogen and oxygen atoms in total. The van der Waals surface area contributed by atoms with Crippen LogP contribution < -0.4 is 10.9 Å². The summed E-state index contributed by atoms with van der Waals surface area (Å²) in [6.45, 7) is 2.04. The Kier molecular flexibility index (Phi) is 4.70. The van der Waals surface area contributed by atoms with Crippen LogP contribution in [0.4, 0.5) is 10.1 Å². The molecule has 0 aliphatic heterocycles. The number of halogens is 1. The lowest BCUT2D eigenvalue weighted by Crippen LogP contribution is -2.26. The molecule has 3 rings (SSSR count). The summed E-state index contributed by atoms with van der Waals surface area (Å²) in [5, 5.41) is 6.89. The average molecular weight is 337 g/mol. The van der Waals surface area contributed by atoms with Gasteiger partial charge in [-0.25, -0.2) is 9.07 Å². The lowest BCUT2D eigenvalue weighted by atomic mass is 10.2. The summed E-state index contributed by atoms with van der Waals surface area (Å²) in [5.74, 6) is -0.752. The van der Waals surface area contributed by atoms with Crippen molar-refractivity contribution in [3.05, 3.63) is 93.7 Å². The maximum atomic E-state index is 13.0. The molecule has 0 bridgehead atoms. The Balaban J connectivity index is 1.83. The molecule has 1 aromatic heterocycles. The maximum absolute atomic E-state index is 13.0. The molecule has 0 aliphatic carbocycles. The van der Waals surface area contributed by atoms with Crippen molar-refractivity contribution < 1.29 is 9.18 Å². The fourth-order valence-corrected chi connectivity index (χ4v) is 2.35. The number of nitrogens with zero attached hydrogens (tertiary/aromatic N) is 2. The van der Waals surface area contributed by atoms with Gasteiger partial charge in [0.15, 0.2) is 0 Å². The van der Waals surface area contributed by atoms with Crippen LogP contribution in [0.2, 0.25) is 0 Å². The first-order chi connectivity index (χ1) is 12.0. The average Bonchev–Trinajstić information content (AvgIpc) is 2.60. The van der Waals surface area contributed by atoms with Gasteiger partial charge in [0.2, 0.25) is 0 Å². The molecule has 0 unspecified atom stereocenters. The molecule has 0 aliphatic rings. The fraction of sp³-hybridized carbons (Fsp3) is 0.105. The molecule has 6 heteroatoms. The highest BCUT2D eigenvalue weighted by atomic mass is 19.1. The molecule has 1 heterocycles. The third-order valence-electron chi connectivity index (χ3n) is 3.74. The maximum Gasteiger partial charge on any atom is 0.276 e. The molecule has 0 fully saturated rings. The summed E-state index contributed by atoms with van der Waals surface area (Å²) in [6.07, 6.45) is 0. The van der Waals surface area contributed by atoms with Crippen molar-refractivity contribution >= 4 is 11.6 Å². The lowest BCUT2D eigenvalue weighted by Gasteiger charge is -2.09. The molecule has 0 atom stereocenters. The number of aryl methyl sites for hydroxylation is 1. The Hall–Kier alpha value is -3.28. The lowest BCUT2D eigenvalue weighted by molar-refractivity contribution is 0.102. The first-order valence-corrected chi connectivity index (χ1v) is 7.72. The molecule has 0 spiro atoms. The quantitative estimate of drug-likeness (QED) is 0.796. The Morgan fingerprint density at radius 1 is 1.08 bits per heavy atom. The first kappa shape index (κ1) is 16.6. The summed E-state index contributed by atoms with van der Waals surface area (Å²) in [5.41, 5.74) is 2.12. The fourth-order valence-electron chi connectivity index (χ4n) is 2.35. The van der Waals surface area contributed by atoms with Gasteiger partial charge in [-0.15, -0.1) is 0 Å². The largest absolute Gasteiger partial charge is 0.320 e. The summed E-state index contributed by atoms with van der Waals surface area (Å²) in [4.78, 5) is 24.4. The van der Waals surface area contributed by atoms with Crippen molar-refractivity contribution in [1.29, 1.82) is 0 Å². The number of aromatic nitrogens is 2. The van der Waals surface area contributed by atoms with Gasteiger partial charge >= 0.3 is 0 Å². The van der Waals surface area contributed by atoms with E-state index in [0.29, 0.717) is 11.3 Å². The number of benzene rings is 2. The Morgan fingerprint density at radius 2 is 1.80 bits per heavy atom. The van der Waals surface area contributed by atoms with Gasteiger partial charge in [-0.3, -0.25) is 9.59 Å². The number of anilines is 1. The van der Waals surface area contributed by atoms with E-state index in [9.17, 15) is 14.0 Å². The van der Waals surface area contributed by atoms with E-state index in [1.165, 1.54) is 28.9 Å². The van der Waals surface area contributed by atoms with Crippen molar-refractivity contribution in [3.63, 3.8) is 0 Å². The van der Waals surface area contributed by atoms with E-state index in [1.54, 1.807) is 18.2 Å². The predicted molar refractivity (Wildman–Crippen MR) is 93.1 cm³/mol. The minimum Gasteiger partial charge on any atom is -0.320 e. The van der Waals surface area contributed by atoms with Crippen LogP contribution in [0.3, 0.4) is 0 Å². The van der Waals surface area contributed by atoms with Gasteiger partial charge in [0, 0.05) is 11.8 Å². The number of rotatable bonds is 4. The number of hydrogen-bond acceptors (Lipinski definition) is 3. The molecule has 3 aromatic rings. The van der Waals surface area contributed by atoms with Crippen LogP contribution in [0.25, 0.3) is 0 Å². The standard InChI is InChI=1S/C19H16FN3O2/c1-13-4-2-3-5-16(13)21-19(25)17-10-11-18(24)23(22-17)12-14-6-8-15(20)9-7-14/h2-11H,12H2,1H3,(H,21,25). The number of amides is 1. The highest BCUT2D eigenvalue weighted by Gasteiger charge is 2.11. The molecule has 1 N–H and O–H groups in total. The number of carbonyl (C=O) groups is 1. The van der Waals surface area contributed by atoms with Crippen molar-refractivity contribution in [2.45, 2.75) is 13.5 Å². The normalized spacial score (nSPS) is 10.5. The van der Waals surface area contributed by atoms with Gasteiger partial charge in [-0.05, 0) is 42.3 Å². The Morgan fingerprint density at radius 3 is 2.52 bits per heavy atom. The van der Waals surface area contributed by atoms with E-state index < -0.39 is 5.91 Å². The van der Waals surface area contributed by atoms with Crippen LogP contribution in [0.15, 0.2) is 65.5 Å². The smallest absolute Gasteiger partial charge is 0.276 e. The molecule has 0 saturated heterocycles. The Bertz CT molecular complexity index is 965. The van der Waals surface area contributed by atoms with Crippen LogP contribution in [0, 0.1) is 12.7 Å². The second kappa shape index (κ2) is 7.09. The van der Waals surface area contributed by atoms with E-state index in [-0.39, 0.29) is 23.6 Å². The topological polar surface area (TPSA) is 64.0 Å². The van der Waals surface area contributed by atoms with Crippen LogP contribution in [-0.2, 0) is 6.54 Å². The van der Waals surface area contributed by atoms with E-state index in [2.05, 4.69) is 10.4 Å². The van der Waals surface area contributed by atoms with Crippen LogP contribution in [-0.4, -0.2) is 15.7 Å². The van der Waals surface area contributed by atoms with Gasteiger partial charge in [0.25, 0.3) is 11.5 Å². The molecule has 2 aromatic carbocycles. The molecular formula is C19H16FN3O2. The van der Waals surface area contributed by atoms with Crippen LogP contribution in [0.5, 0.6) is 0 Å². The van der Waals surface area contributed by atoms with Gasteiger partial charge in [-0.1, -0.05) is 30.3 Å². The van der Waals surface area contributed by atoms with E-state index in [0.717, 1.165) is 5.56 Å². The SMILES string of the molecule is Cc1ccccc1NC(=O)c1ccc(=O)n(Cc2ccc(F)cc2)n1. The summed E-state index contributed by atoms with van der Waals surface area (Å²) < 4.78 is 14.2. The summed E-state index contributed by atoms with van der Waals surface area (Å²) >= 11 is 0. The zero-order chi connectivity index (χ0) is 17.8. The molecule has 0 saturated carbocycles. The first-order valence-electron chi connectivity index (χ1n) is 7.72. The minimum absolute atomic E-state index is 0.130. The number of hydrogen-bond donors (Lipinski definition) is 1. The second-order valence-corrected chi connectivity index (χ2v) is 5.61. The summed E-state index contributed by atoms with van der Waals surface area (Å²) in [7, 11) is 0. The molecule has 25 heavy (non-hydrogen) atoms. The van der Waals surface area contributed by atoms with Crippen LogP contribution >= 0.6 is 0 Å². The molecule has 1 amide bonds. The van der Waals surface area contributed by atoms with Crippen molar-refractivity contribution in [3.8, 4) is 0 Å². The van der Waals surface area contributed by atoms with E-state index in [1.807, 2.05) is 25.1 Å². The van der Waals surface area contributed by atoms with Gasteiger partial charge in [-0.2, -0.15) is 5.10 Å². The number of nitrogens with one attached hydrogen (secondary N) is 1. The summed E-state index contributed by atoms with van der Waals surface area (Å²) in [6, 6.07) is 15.8.